The minimum Gasteiger partial charge on any atom is -0.478 e. The van der Waals surface area contributed by atoms with Crippen LogP contribution in [0.5, 0.6) is 0 Å². The first-order valence-corrected chi connectivity index (χ1v) is 9.74. The Morgan fingerprint density at radius 2 is 1.79 bits per heavy atom. The van der Waals surface area contributed by atoms with E-state index in [2.05, 4.69) is 27.6 Å². The lowest BCUT2D eigenvalue weighted by Gasteiger charge is -2.10. The van der Waals surface area contributed by atoms with Crippen molar-refractivity contribution in [2.75, 3.05) is 0 Å². The molecule has 0 aliphatic carbocycles. The average molecular weight is 489 g/mol. The van der Waals surface area contributed by atoms with Crippen LogP contribution in [-0.2, 0) is 12.8 Å². The highest BCUT2D eigenvalue weighted by atomic mass is 127. The molecule has 0 spiro atoms. The van der Waals surface area contributed by atoms with Gasteiger partial charge in [-0.2, -0.15) is 0 Å². The van der Waals surface area contributed by atoms with Crippen LogP contribution in [0.1, 0.15) is 43.8 Å². The van der Waals surface area contributed by atoms with Crippen molar-refractivity contribution < 1.29 is 19.1 Å². The number of carboxylic acids is 1. The highest BCUT2D eigenvalue weighted by molar-refractivity contribution is 14.1. The SMILES string of the molecule is O=C(O)c1ccc(CCC(=O)c2ccncc2Cc2ccc(I)cc2F)cc1. The zero-order chi connectivity index (χ0) is 20.1. The van der Waals surface area contributed by atoms with E-state index in [9.17, 15) is 14.0 Å². The molecule has 0 unspecified atom stereocenters. The second-order valence-electron chi connectivity index (χ2n) is 6.37. The van der Waals surface area contributed by atoms with Crippen molar-refractivity contribution in [3.05, 3.63) is 98.1 Å². The lowest BCUT2D eigenvalue weighted by atomic mass is 9.96. The number of aryl methyl sites for hydroxylation is 1. The molecule has 28 heavy (non-hydrogen) atoms. The van der Waals surface area contributed by atoms with Gasteiger partial charge in [0.25, 0.3) is 0 Å². The summed E-state index contributed by atoms with van der Waals surface area (Å²) in [5.74, 6) is -1.33. The Labute approximate surface area is 175 Å². The van der Waals surface area contributed by atoms with Gasteiger partial charge in [-0.15, -0.1) is 0 Å². The van der Waals surface area contributed by atoms with Gasteiger partial charge in [0.1, 0.15) is 5.82 Å². The molecule has 0 fully saturated rings. The summed E-state index contributed by atoms with van der Waals surface area (Å²) < 4.78 is 15.0. The van der Waals surface area contributed by atoms with Crippen molar-refractivity contribution in [2.45, 2.75) is 19.3 Å². The van der Waals surface area contributed by atoms with Crippen molar-refractivity contribution in [3.8, 4) is 0 Å². The third-order valence-electron chi connectivity index (χ3n) is 4.44. The van der Waals surface area contributed by atoms with E-state index in [1.54, 1.807) is 36.7 Å². The number of rotatable bonds is 7. The Balaban J connectivity index is 1.72. The Hall–Kier alpha value is -2.61. The van der Waals surface area contributed by atoms with Gasteiger partial charge in [-0.1, -0.05) is 18.2 Å². The van der Waals surface area contributed by atoms with Crippen LogP contribution in [0.4, 0.5) is 4.39 Å². The zero-order valence-corrected chi connectivity index (χ0v) is 17.0. The van der Waals surface area contributed by atoms with E-state index in [0.29, 0.717) is 29.5 Å². The smallest absolute Gasteiger partial charge is 0.335 e. The van der Waals surface area contributed by atoms with Gasteiger partial charge in [-0.25, -0.2) is 9.18 Å². The zero-order valence-electron chi connectivity index (χ0n) is 14.9. The average Bonchev–Trinajstić information content (AvgIpc) is 2.69. The third kappa shape index (κ3) is 5.01. The van der Waals surface area contributed by atoms with Crippen molar-refractivity contribution in [1.29, 1.82) is 0 Å². The molecule has 1 N–H and O–H groups in total. The van der Waals surface area contributed by atoms with Crippen molar-refractivity contribution in [1.82, 2.24) is 4.98 Å². The molecule has 0 amide bonds. The van der Waals surface area contributed by atoms with Gasteiger partial charge in [0.05, 0.1) is 5.56 Å². The molecule has 0 atom stereocenters. The second kappa shape index (κ2) is 9.05. The summed E-state index contributed by atoms with van der Waals surface area (Å²) in [5, 5.41) is 8.94. The summed E-state index contributed by atoms with van der Waals surface area (Å²) in [4.78, 5) is 27.7. The maximum atomic E-state index is 14.2. The van der Waals surface area contributed by atoms with Gasteiger partial charge >= 0.3 is 5.97 Å². The van der Waals surface area contributed by atoms with Crippen molar-refractivity contribution in [3.63, 3.8) is 0 Å². The topological polar surface area (TPSA) is 67.3 Å². The number of hydrogen-bond donors (Lipinski definition) is 1. The summed E-state index contributed by atoms with van der Waals surface area (Å²) in [7, 11) is 0. The standard InChI is InChI=1S/C22H17FINO3/c23-20-12-18(24)7-6-16(20)11-17-13-25-10-9-19(17)21(26)8-3-14-1-4-15(5-2-14)22(27)28/h1-2,4-7,9-10,12-13H,3,8,11H2,(H,27,28). The molecule has 2 aromatic carbocycles. The highest BCUT2D eigenvalue weighted by Crippen LogP contribution is 2.20. The van der Waals surface area contributed by atoms with E-state index in [4.69, 9.17) is 5.11 Å². The number of Topliss-reactive ketones (excluding diaryl/α,β-unsaturated/α-hetero) is 1. The minimum atomic E-state index is -0.980. The summed E-state index contributed by atoms with van der Waals surface area (Å²) in [6.45, 7) is 0. The van der Waals surface area contributed by atoms with Crippen LogP contribution in [0, 0.1) is 9.39 Å². The molecule has 1 aromatic heterocycles. The monoisotopic (exact) mass is 489 g/mol. The maximum Gasteiger partial charge on any atom is 0.335 e. The van der Waals surface area contributed by atoms with E-state index in [1.165, 1.54) is 18.2 Å². The molecule has 1 heterocycles. The summed E-state index contributed by atoms with van der Waals surface area (Å²) in [6, 6.07) is 13.2. The molecule has 0 saturated carbocycles. The summed E-state index contributed by atoms with van der Waals surface area (Å²) in [6.07, 6.45) is 4.23. The number of ketones is 1. The molecule has 3 aromatic rings. The fourth-order valence-corrected chi connectivity index (χ4v) is 3.37. The predicted molar refractivity (Wildman–Crippen MR) is 112 cm³/mol. The normalized spacial score (nSPS) is 10.6. The summed E-state index contributed by atoms with van der Waals surface area (Å²) >= 11 is 2.05. The molecular formula is C22H17FINO3. The first kappa shape index (κ1) is 20.1. The Morgan fingerprint density at radius 3 is 2.46 bits per heavy atom. The maximum absolute atomic E-state index is 14.2. The molecule has 0 aliphatic heterocycles. The van der Waals surface area contributed by atoms with Crippen LogP contribution in [0.15, 0.2) is 60.9 Å². The molecule has 0 bridgehead atoms. The summed E-state index contributed by atoms with van der Waals surface area (Å²) in [5.41, 5.74) is 2.85. The van der Waals surface area contributed by atoms with Gasteiger partial charge in [0.15, 0.2) is 5.78 Å². The van der Waals surface area contributed by atoms with Gasteiger partial charge in [-0.05, 0) is 76.0 Å². The number of carboxylic acid groups (broad SMARTS) is 1. The Bertz CT molecular complexity index is 1020. The number of pyridine rings is 1. The number of carbonyl (C=O) groups excluding carboxylic acids is 1. The highest BCUT2D eigenvalue weighted by Gasteiger charge is 2.14. The van der Waals surface area contributed by atoms with Crippen LogP contribution in [0.2, 0.25) is 0 Å². The van der Waals surface area contributed by atoms with E-state index < -0.39 is 5.97 Å². The fourth-order valence-electron chi connectivity index (χ4n) is 2.92. The van der Waals surface area contributed by atoms with Crippen molar-refractivity contribution >= 4 is 34.3 Å². The van der Waals surface area contributed by atoms with Gasteiger partial charge in [-0.3, -0.25) is 9.78 Å². The van der Waals surface area contributed by atoms with Gasteiger partial charge < -0.3 is 5.11 Å². The quantitative estimate of drug-likeness (QED) is 0.378. The first-order chi connectivity index (χ1) is 13.4. The lowest BCUT2D eigenvalue weighted by Crippen LogP contribution is -2.07. The molecule has 0 aliphatic rings. The van der Waals surface area contributed by atoms with Crippen LogP contribution in [0.3, 0.4) is 0 Å². The number of carbonyl (C=O) groups is 2. The molecule has 0 saturated heterocycles. The number of aromatic carboxylic acids is 1. The van der Waals surface area contributed by atoms with Crippen LogP contribution in [0.25, 0.3) is 0 Å². The molecule has 0 radical (unpaired) electrons. The fraction of sp³-hybridized carbons (Fsp3) is 0.136. The number of aromatic nitrogens is 1. The minimum absolute atomic E-state index is 0.0503. The number of hydrogen-bond acceptors (Lipinski definition) is 3. The first-order valence-electron chi connectivity index (χ1n) is 8.66. The molecule has 142 valence electrons. The largest absolute Gasteiger partial charge is 0.478 e. The van der Waals surface area contributed by atoms with E-state index in [-0.39, 0.29) is 23.6 Å². The number of benzene rings is 2. The van der Waals surface area contributed by atoms with E-state index in [0.717, 1.165) is 9.13 Å². The van der Waals surface area contributed by atoms with E-state index >= 15 is 0 Å². The van der Waals surface area contributed by atoms with Crippen molar-refractivity contribution in [2.24, 2.45) is 0 Å². The molecule has 4 nitrogen and oxygen atoms in total. The Morgan fingerprint density at radius 1 is 1.04 bits per heavy atom. The molecular weight excluding hydrogens is 472 g/mol. The predicted octanol–water partition coefficient (Wildman–Crippen LogP) is 4.93. The lowest BCUT2D eigenvalue weighted by molar-refractivity contribution is 0.0696. The second-order valence-corrected chi connectivity index (χ2v) is 7.62. The van der Waals surface area contributed by atoms with Crippen LogP contribution in [-0.4, -0.2) is 21.8 Å². The van der Waals surface area contributed by atoms with Gasteiger partial charge in [0, 0.05) is 34.4 Å². The van der Waals surface area contributed by atoms with Crippen LogP contribution < -0.4 is 0 Å². The van der Waals surface area contributed by atoms with E-state index in [1.807, 2.05) is 6.07 Å². The van der Waals surface area contributed by atoms with Gasteiger partial charge in [0.2, 0.25) is 0 Å². The molecule has 6 heteroatoms. The number of nitrogens with zero attached hydrogens (tertiary/aromatic N) is 1. The Kier molecular flexibility index (Phi) is 6.51. The number of halogens is 2. The third-order valence-corrected chi connectivity index (χ3v) is 5.11. The molecule has 3 rings (SSSR count). The van der Waals surface area contributed by atoms with Crippen LogP contribution >= 0.6 is 22.6 Å².